The third-order valence-electron chi connectivity index (χ3n) is 10.8. The van der Waals surface area contributed by atoms with Crippen molar-refractivity contribution in [3.8, 4) is 0 Å². The summed E-state index contributed by atoms with van der Waals surface area (Å²) in [5, 5.41) is 11.8. The second-order valence-electron chi connectivity index (χ2n) is 12.3. The number of thiocarbonyl (C=S) groups is 1. The Morgan fingerprint density at radius 3 is 2.37 bits per heavy atom. The molecular formula is C29H48BrF3NO5PS. The van der Waals surface area contributed by atoms with Crippen LogP contribution in [0.2, 0.25) is 0 Å². The molecule has 0 aromatic rings. The van der Waals surface area contributed by atoms with Crippen LogP contribution in [-0.2, 0) is 18.3 Å². The zero-order valence-corrected chi connectivity index (χ0v) is 28.4. The number of ether oxygens (including phenoxy) is 1. The van der Waals surface area contributed by atoms with Gasteiger partial charge in [0.15, 0.2) is 0 Å². The first-order valence-electron chi connectivity index (χ1n) is 14.8. The van der Waals surface area contributed by atoms with Gasteiger partial charge in [-0.1, -0.05) is 61.1 Å². The molecule has 12 heteroatoms. The molecule has 6 nitrogen and oxygen atoms in total. The molecule has 0 saturated heterocycles. The van der Waals surface area contributed by atoms with Gasteiger partial charge in [-0.3, -0.25) is 4.74 Å². The molecule has 0 spiro atoms. The molecule has 0 radical (unpaired) electrons. The van der Waals surface area contributed by atoms with E-state index in [4.69, 9.17) is 36.3 Å². The Kier molecular flexibility index (Phi) is 12.0. The van der Waals surface area contributed by atoms with E-state index in [2.05, 4.69) is 35.9 Å². The monoisotopic (exact) mass is 689 g/mol. The van der Waals surface area contributed by atoms with Crippen LogP contribution in [-0.4, -0.2) is 59.7 Å². The number of fused-ring (bicyclic) bond motifs is 3. The predicted octanol–water partition coefficient (Wildman–Crippen LogP) is 7.86. The van der Waals surface area contributed by atoms with Crippen LogP contribution in [0.15, 0.2) is 12.2 Å². The van der Waals surface area contributed by atoms with E-state index in [1.54, 1.807) is 0 Å². The van der Waals surface area contributed by atoms with Gasteiger partial charge in [-0.15, -0.1) is 13.2 Å². The van der Waals surface area contributed by atoms with E-state index in [1.165, 1.54) is 0 Å². The average molecular weight is 691 g/mol. The first kappa shape index (κ1) is 35.8. The lowest BCUT2D eigenvalue weighted by atomic mass is 9.32. The van der Waals surface area contributed by atoms with Crippen LogP contribution < -0.4 is 5.73 Å². The van der Waals surface area contributed by atoms with Crippen LogP contribution >= 0.6 is 36.8 Å². The van der Waals surface area contributed by atoms with Crippen molar-refractivity contribution >= 4 is 41.6 Å². The highest BCUT2D eigenvalue weighted by atomic mass is 79.9. The summed E-state index contributed by atoms with van der Waals surface area (Å²) < 4.78 is 64.7. The van der Waals surface area contributed by atoms with Crippen molar-refractivity contribution in [3.63, 3.8) is 0 Å². The van der Waals surface area contributed by atoms with Gasteiger partial charge in [-0.05, 0) is 70.1 Å². The Hall–Kier alpha value is 0.290. The minimum Gasteiger partial charge on any atom is -0.393 e. The van der Waals surface area contributed by atoms with E-state index in [0.29, 0.717) is 61.9 Å². The van der Waals surface area contributed by atoms with Crippen LogP contribution in [0.1, 0.15) is 80.1 Å². The highest BCUT2D eigenvalue weighted by Gasteiger charge is 2.74. The lowest BCUT2D eigenvalue weighted by molar-refractivity contribution is -0.364. The van der Waals surface area contributed by atoms with Gasteiger partial charge in [0.25, 0.3) is 0 Å². The molecule has 3 rings (SSSR count). The van der Waals surface area contributed by atoms with Crippen LogP contribution in [0, 0.1) is 33.5 Å². The first-order valence-corrected chi connectivity index (χ1v) is 17.4. The molecule has 238 valence electrons. The summed E-state index contributed by atoms with van der Waals surface area (Å²) in [6, 6.07) is -0.435. The summed E-state index contributed by atoms with van der Waals surface area (Å²) in [6.07, 6.45) is 1.11. The first-order chi connectivity index (χ1) is 19.2. The van der Waals surface area contributed by atoms with Gasteiger partial charge in [0, 0.05) is 38.9 Å². The lowest BCUT2D eigenvalue weighted by Gasteiger charge is -2.73. The molecule has 3 saturated carbocycles. The molecule has 0 amide bonds. The van der Waals surface area contributed by atoms with Gasteiger partial charge in [-0.25, -0.2) is 0 Å². The maximum atomic E-state index is 13.8. The fraction of sp³-hybridized carbons (Fsp3) is 0.897. The Morgan fingerprint density at radius 1 is 1.22 bits per heavy atom. The van der Waals surface area contributed by atoms with Crippen molar-refractivity contribution in [2.24, 2.45) is 39.2 Å². The number of nitrogens with two attached hydrogens (primary N) is 1. The summed E-state index contributed by atoms with van der Waals surface area (Å²) in [7, 11) is -1.68. The van der Waals surface area contributed by atoms with Gasteiger partial charge in [-0.2, -0.15) is 0 Å². The van der Waals surface area contributed by atoms with Crippen molar-refractivity contribution in [3.05, 3.63) is 12.2 Å². The fourth-order valence-electron chi connectivity index (χ4n) is 8.94. The Morgan fingerprint density at radius 2 is 1.85 bits per heavy atom. The van der Waals surface area contributed by atoms with Gasteiger partial charge < -0.3 is 24.4 Å². The molecule has 9 atom stereocenters. The Labute approximate surface area is 258 Å². The normalized spacial score (nSPS) is 41.9. The molecule has 0 aliphatic heterocycles. The number of aliphatic hydroxyl groups excluding tert-OH is 1. The van der Waals surface area contributed by atoms with Crippen molar-refractivity contribution in [1.82, 2.24) is 0 Å². The third kappa shape index (κ3) is 6.11. The molecule has 0 heterocycles. The minimum absolute atomic E-state index is 0.165. The summed E-state index contributed by atoms with van der Waals surface area (Å²) in [5.41, 5.74) is 3.62. The highest BCUT2D eigenvalue weighted by Crippen LogP contribution is 2.76. The van der Waals surface area contributed by atoms with Gasteiger partial charge in [0.05, 0.1) is 32.0 Å². The summed E-state index contributed by atoms with van der Waals surface area (Å²) in [5.74, 6) is -0.370. The molecule has 0 bridgehead atoms. The van der Waals surface area contributed by atoms with E-state index in [1.807, 2.05) is 33.8 Å². The molecule has 3 aliphatic rings. The highest BCUT2D eigenvalue weighted by molar-refractivity contribution is 9.09. The Bertz CT molecular complexity index is 943. The summed E-state index contributed by atoms with van der Waals surface area (Å²) in [6.45, 7) is 12.1. The molecule has 41 heavy (non-hydrogen) atoms. The average Bonchev–Trinajstić information content (AvgIpc) is 3.01. The zero-order chi connectivity index (χ0) is 30.9. The van der Waals surface area contributed by atoms with Crippen LogP contribution in [0.5, 0.6) is 0 Å². The van der Waals surface area contributed by atoms with Crippen molar-refractivity contribution in [2.75, 3.05) is 25.2 Å². The Balaban J connectivity index is 2.34. The van der Waals surface area contributed by atoms with Crippen molar-refractivity contribution in [2.45, 2.75) is 105 Å². The maximum Gasteiger partial charge on any atom is 0.522 e. The van der Waals surface area contributed by atoms with Gasteiger partial charge in [0.2, 0.25) is 0 Å². The molecule has 3 fully saturated rings. The second kappa shape index (κ2) is 13.7. The van der Waals surface area contributed by atoms with Gasteiger partial charge in [0.1, 0.15) is 0 Å². The SMILES string of the molecule is C/C=C/C12C(C)CC3(COC(F)(F)F)C(C)(CBr)C(O)CCC3(CC)C1CC(N)C(=S)CC2OP(OCC)OCC. The zero-order valence-electron chi connectivity index (χ0n) is 25.1. The molecule has 3 N–H and O–H groups in total. The predicted molar refractivity (Wildman–Crippen MR) is 164 cm³/mol. The number of allylic oxidation sites excluding steroid dienone is 1. The van der Waals surface area contributed by atoms with E-state index in [0.717, 1.165) is 0 Å². The lowest BCUT2D eigenvalue weighted by Crippen LogP contribution is -2.72. The van der Waals surface area contributed by atoms with Crippen LogP contribution in [0.3, 0.4) is 0 Å². The quantitative estimate of drug-likeness (QED) is 0.0989. The van der Waals surface area contributed by atoms with E-state index in [9.17, 15) is 18.3 Å². The van der Waals surface area contributed by atoms with E-state index < -0.39 is 61.5 Å². The molecular weight excluding hydrogens is 642 g/mol. The molecule has 0 aromatic carbocycles. The number of hydrogen-bond acceptors (Lipinski definition) is 7. The minimum atomic E-state index is -4.80. The maximum absolute atomic E-state index is 13.8. The van der Waals surface area contributed by atoms with Crippen molar-refractivity contribution in [1.29, 1.82) is 0 Å². The second-order valence-corrected chi connectivity index (χ2v) is 14.5. The van der Waals surface area contributed by atoms with Crippen LogP contribution in [0.4, 0.5) is 13.2 Å². The van der Waals surface area contributed by atoms with E-state index >= 15 is 0 Å². The third-order valence-corrected chi connectivity index (χ3v) is 13.8. The smallest absolute Gasteiger partial charge is 0.393 e. The number of hydrogen-bond donors (Lipinski definition) is 2. The number of alkyl halides is 4. The summed E-state index contributed by atoms with van der Waals surface area (Å²) in [4.78, 5) is 0.686. The number of aliphatic hydroxyl groups is 1. The summed E-state index contributed by atoms with van der Waals surface area (Å²) >= 11 is 9.51. The van der Waals surface area contributed by atoms with E-state index in [-0.39, 0.29) is 11.8 Å². The molecule has 0 aromatic heterocycles. The molecule has 3 aliphatic carbocycles. The van der Waals surface area contributed by atoms with Crippen molar-refractivity contribution < 1.29 is 36.6 Å². The topological polar surface area (TPSA) is 83.2 Å². The van der Waals surface area contributed by atoms with Gasteiger partial charge >= 0.3 is 15.0 Å². The molecule has 9 unspecified atom stereocenters. The largest absolute Gasteiger partial charge is 0.522 e. The number of rotatable bonds is 11. The standard InChI is InChI=1S/C29H48BrF3NO5PS/c1-7-12-28-19(5)16-27(18-36-29(31,32)33)25(6,17-30)23(35)11-13-26(27,8-2)22(28)14-20(34)21(41)15-24(28)39-40(37-9-3)38-10-4/h7,12,19-20,22-24,35H,8-11,13-18,34H2,1-6H3/b12-7+. The number of halogens is 4. The fourth-order valence-corrected chi connectivity index (χ4v) is 11.2. The van der Waals surface area contributed by atoms with Crippen LogP contribution in [0.25, 0.3) is 0 Å².